The number of carbonyl (C=O) groups excluding carboxylic acids is 7. The van der Waals surface area contributed by atoms with E-state index in [1.807, 2.05) is 0 Å². The van der Waals surface area contributed by atoms with E-state index in [9.17, 15) is 79.5 Å². The van der Waals surface area contributed by atoms with Crippen molar-refractivity contribution in [1.29, 1.82) is 0 Å². The maximum atomic E-state index is 14.4. The number of rotatable bonds is 15. The van der Waals surface area contributed by atoms with Crippen LogP contribution < -0.4 is 31.3 Å². The van der Waals surface area contributed by atoms with Crippen molar-refractivity contribution in [2.75, 3.05) is 19.7 Å². The van der Waals surface area contributed by atoms with E-state index >= 15 is 0 Å². The molecule has 3 fully saturated rings. The fourth-order valence-electron chi connectivity index (χ4n) is 9.04. The maximum Gasteiger partial charge on any atom is 0.251 e. The molecule has 73 heavy (non-hydrogen) atoms. The van der Waals surface area contributed by atoms with E-state index in [0.717, 1.165) is 74.3 Å². The fourth-order valence-corrected chi connectivity index (χ4v) is 9.04. The first-order valence-electron chi connectivity index (χ1n) is 24.6. The number of benzene rings is 2. The van der Waals surface area contributed by atoms with Gasteiger partial charge in [0.2, 0.25) is 35.4 Å². The van der Waals surface area contributed by atoms with Gasteiger partial charge in [-0.15, -0.1) is 0 Å². The molecule has 24 heteroatoms. The zero-order valence-electron chi connectivity index (χ0n) is 41.2. The summed E-state index contributed by atoms with van der Waals surface area (Å²) in [4.78, 5) is 101. The number of phenols is 1. The molecule has 3 saturated heterocycles. The molecular formula is C49H71N7O17. The van der Waals surface area contributed by atoms with E-state index in [1.165, 1.54) is 43.3 Å². The minimum atomic E-state index is -2.28. The van der Waals surface area contributed by atoms with Crippen LogP contribution in [0.25, 0.3) is 0 Å². The SMILES string of the molecule is CCCCCCCCOc1ccc(C(=O)N[C@H]2C[C@@H](O)[C@@H](O)NC(=O)[C@@H]3[C@@H](O)[C@@H](C)CN3C(=O)[C@H](C(C)O)NC(=O)[C@H]([C@H](O)[C@@H](O)c3ccc(O)cc3)NC(=O)[C@@H]3C[C@@H](O)CN3C(=O)[C@H](C(C)O)NC2=O)cc1. The number of phenolic OH excluding ortho intramolecular Hbond substituents is 1. The van der Waals surface area contributed by atoms with Crippen molar-refractivity contribution >= 4 is 41.4 Å². The molecule has 7 amide bonds. The molecule has 0 radical (unpaired) electrons. The molecule has 0 saturated carbocycles. The normalized spacial score (nSPS) is 29.6. The van der Waals surface area contributed by atoms with Crippen LogP contribution in [-0.4, -0.2) is 196 Å². The molecule has 2 aromatic rings. The number of ether oxygens (including phenoxy) is 1. The summed E-state index contributed by atoms with van der Waals surface area (Å²) >= 11 is 0. The lowest BCUT2D eigenvalue weighted by Crippen LogP contribution is -2.64. The van der Waals surface area contributed by atoms with Crippen LogP contribution in [0.3, 0.4) is 0 Å². The van der Waals surface area contributed by atoms with Gasteiger partial charge in [-0.1, -0.05) is 58.1 Å². The number of nitrogens with one attached hydrogen (secondary N) is 5. The summed E-state index contributed by atoms with van der Waals surface area (Å²) in [6.45, 7) is 5.28. The molecule has 0 aromatic heterocycles. The highest BCUT2D eigenvalue weighted by Gasteiger charge is 2.50. The maximum absolute atomic E-state index is 14.4. The van der Waals surface area contributed by atoms with Gasteiger partial charge in [0.25, 0.3) is 5.91 Å². The summed E-state index contributed by atoms with van der Waals surface area (Å²) in [5.41, 5.74) is -0.0659. The quantitative estimate of drug-likeness (QED) is 0.0786. The van der Waals surface area contributed by atoms with Gasteiger partial charge in [0.1, 0.15) is 66.1 Å². The number of aromatic hydroxyl groups is 1. The van der Waals surface area contributed by atoms with Gasteiger partial charge >= 0.3 is 0 Å². The van der Waals surface area contributed by atoms with Crippen molar-refractivity contribution in [3.63, 3.8) is 0 Å². The smallest absolute Gasteiger partial charge is 0.251 e. The number of nitrogens with zero attached hydrogens (tertiary/aromatic N) is 2. The van der Waals surface area contributed by atoms with Gasteiger partial charge in [-0.2, -0.15) is 0 Å². The monoisotopic (exact) mass is 1030 g/mol. The third-order valence-corrected chi connectivity index (χ3v) is 13.4. The number of hydrogen-bond acceptors (Lipinski definition) is 17. The van der Waals surface area contributed by atoms with Crippen LogP contribution >= 0.6 is 0 Å². The van der Waals surface area contributed by atoms with Crippen LogP contribution in [0.1, 0.15) is 101 Å². The largest absolute Gasteiger partial charge is 0.508 e. The molecule has 0 bridgehead atoms. The van der Waals surface area contributed by atoms with Crippen LogP contribution in [0.2, 0.25) is 0 Å². The molecule has 5 rings (SSSR count). The predicted octanol–water partition coefficient (Wildman–Crippen LogP) is -3.09. The van der Waals surface area contributed by atoms with Crippen LogP contribution in [-0.2, 0) is 28.8 Å². The van der Waals surface area contributed by atoms with Crippen molar-refractivity contribution in [1.82, 2.24) is 36.4 Å². The molecule has 3 heterocycles. The van der Waals surface area contributed by atoms with Crippen molar-refractivity contribution in [2.24, 2.45) is 5.92 Å². The highest BCUT2D eigenvalue weighted by molar-refractivity contribution is 6.00. The summed E-state index contributed by atoms with van der Waals surface area (Å²) in [6.07, 6.45) is -10.4. The Morgan fingerprint density at radius 2 is 1.27 bits per heavy atom. The third kappa shape index (κ3) is 14.8. The number of fused-ring (bicyclic) bond motifs is 2. The standard InChI is InChI=1S/C49H71N7O17/c1-5-6-7-8-9-10-19-73-31-17-13-28(14-18-31)42(65)50-32-21-34(61)45(68)54-47(70)38-39(62)24(2)22-56(38)49(72)36(26(4)58)52-46(69)37(41(64)40(63)27-11-15-29(59)16-12-27)53-44(67)33-20-30(60)23-55(33)48(71)35(25(3)57)51-43(32)66/h11-18,24-26,30,32-41,45,57-64,68H,5-10,19-23H2,1-4H3,(H,50,65)(H,51,66)(H,52,69)(H,53,67)(H,54,70)/t24-,25?,26?,30+,32-,33-,34+,35-,36-,37-,38-,39-,40-,41-,45+/m0/s1. The second-order valence-electron chi connectivity index (χ2n) is 19.2. The first kappa shape index (κ1) is 57.9. The Hall–Kier alpha value is -5.99. The van der Waals surface area contributed by atoms with Crippen molar-refractivity contribution in [3.05, 3.63) is 59.7 Å². The minimum Gasteiger partial charge on any atom is -0.508 e. The lowest BCUT2D eigenvalue weighted by Gasteiger charge is -2.34. The number of carbonyl (C=O) groups is 7. The van der Waals surface area contributed by atoms with E-state index in [-0.39, 0.29) is 23.4 Å². The lowest BCUT2D eigenvalue weighted by molar-refractivity contribution is -0.148. The molecule has 0 spiro atoms. The fraction of sp³-hybridized carbons (Fsp3) is 0.612. The summed E-state index contributed by atoms with van der Waals surface area (Å²) in [5, 5.41) is 110. The number of hydrogen-bond donors (Lipinski definition) is 14. The number of amides is 7. The summed E-state index contributed by atoms with van der Waals surface area (Å²) in [6, 6.07) is -1.02. The Balaban J connectivity index is 1.51. The second-order valence-corrected chi connectivity index (χ2v) is 19.2. The van der Waals surface area contributed by atoms with E-state index in [1.54, 1.807) is 0 Å². The van der Waals surface area contributed by atoms with Crippen molar-refractivity contribution < 1.29 is 84.3 Å². The summed E-state index contributed by atoms with van der Waals surface area (Å²) in [5.74, 6) is -8.94. The molecule has 24 nitrogen and oxygen atoms in total. The van der Waals surface area contributed by atoms with E-state index in [4.69, 9.17) is 4.74 Å². The van der Waals surface area contributed by atoms with Gasteiger partial charge in [0.05, 0.1) is 31.0 Å². The molecule has 15 atom stereocenters. The van der Waals surface area contributed by atoms with Gasteiger partial charge < -0.3 is 87.1 Å². The Morgan fingerprint density at radius 3 is 1.89 bits per heavy atom. The number of aliphatic hydroxyl groups is 8. The Bertz CT molecular complexity index is 2220. The summed E-state index contributed by atoms with van der Waals surface area (Å²) < 4.78 is 5.81. The Kier molecular flexibility index (Phi) is 20.9. The first-order chi connectivity index (χ1) is 34.5. The average molecular weight is 1030 g/mol. The number of unbranched alkanes of at least 4 members (excludes halogenated alkanes) is 5. The van der Waals surface area contributed by atoms with Crippen molar-refractivity contribution in [2.45, 2.75) is 164 Å². The molecule has 3 aliphatic heterocycles. The molecule has 0 aliphatic carbocycles. The molecule has 2 unspecified atom stereocenters. The zero-order chi connectivity index (χ0) is 53.8. The molecule has 404 valence electrons. The summed E-state index contributed by atoms with van der Waals surface area (Å²) in [7, 11) is 0. The van der Waals surface area contributed by atoms with Crippen LogP contribution in [0, 0.1) is 5.92 Å². The molecule has 3 aliphatic rings. The van der Waals surface area contributed by atoms with E-state index in [0.29, 0.717) is 12.4 Å². The van der Waals surface area contributed by atoms with Gasteiger partial charge in [-0.3, -0.25) is 33.6 Å². The minimum absolute atomic E-state index is 0.00468. The highest BCUT2D eigenvalue weighted by atomic mass is 16.5. The number of aliphatic hydroxyl groups excluding tert-OH is 8. The molecule has 2 aromatic carbocycles. The zero-order valence-corrected chi connectivity index (χ0v) is 41.2. The predicted molar refractivity (Wildman–Crippen MR) is 256 cm³/mol. The highest BCUT2D eigenvalue weighted by Crippen LogP contribution is 2.28. The molecule has 14 N–H and O–H groups in total. The van der Waals surface area contributed by atoms with Crippen LogP contribution in [0.15, 0.2) is 48.5 Å². The van der Waals surface area contributed by atoms with Crippen LogP contribution in [0.4, 0.5) is 0 Å². The average Bonchev–Trinajstić information content (AvgIpc) is 3.90. The Labute approximate surface area is 422 Å². The van der Waals surface area contributed by atoms with Crippen molar-refractivity contribution in [3.8, 4) is 11.5 Å². The first-order valence-corrected chi connectivity index (χ1v) is 24.6. The lowest BCUT2D eigenvalue weighted by atomic mass is 9.96. The van der Waals surface area contributed by atoms with Gasteiger partial charge in [-0.05, 0) is 62.2 Å². The van der Waals surface area contributed by atoms with E-state index < -0.39 is 152 Å². The van der Waals surface area contributed by atoms with Crippen LogP contribution in [0.5, 0.6) is 11.5 Å². The van der Waals surface area contributed by atoms with E-state index in [2.05, 4.69) is 33.5 Å². The van der Waals surface area contributed by atoms with Gasteiger partial charge in [-0.25, -0.2) is 0 Å². The third-order valence-electron chi connectivity index (χ3n) is 13.4. The molecular weight excluding hydrogens is 959 g/mol. The Morgan fingerprint density at radius 1 is 0.699 bits per heavy atom. The van der Waals surface area contributed by atoms with Gasteiger partial charge in [0, 0.05) is 37.4 Å². The topological polar surface area (TPSA) is 377 Å². The second kappa shape index (κ2) is 26.3. The van der Waals surface area contributed by atoms with Gasteiger partial charge in [0.15, 0.2) is 6.23 Å².